The van der Waals surface area contributed by atoms with Crippen molar-refractivity contribution in [3.63, 3.8) is 0 Å². The number of amides is 1. The van der Waals surface area contributed by atoms with Crippen molar-refractivity contribution in [2.45, 2.75) is 63.6 Å². The molecule has 0 bridgehead atoms. The summed E-state index contributed by atoms with van der Waals surface area (Å²) in [5.74, 6) is -0.140. The highest BCUT2D eigenvalue weighted by Crippen LogP contribution is 2.62. The van der Waals surface area contributed by atoms with Gasteiger partial charge in [0, 0.05) is 17.7 Å². The Balaban J connectivity index is 2.06. The summed E-state index contributed by atoms with van der Waals surface area (Å²) in [6.45, 7) is 10.7. The third kappa shape index (κ3) is 2.33. The van der Waals surface area contributed by atoms with E-state index in [1.165, 1.54) is 0 Å². The van der Waals surface area contributed by atoms with Crippen LogP contribution in [0.15, 0.2) is 65.7 Å². The fraction of sp³-hybridized carbons (Fsp3) is 0.417. The van der Waals surface area contributed by atoms with Crippen LogP contribution in [0.25, 0.3) is 0 Å². The van der Waals surface area contributed by atoms with Crippen LogP contribution >= 0.6 is 0 Å². The molecule has 0 aliphatic carbocycles. The van der Waals surface area contributed by atoms with Crippen LogP contribution in [-0.4, -0.2) is 27.6 Å². The lowest BCUT2D eigenvalue weighted by atomic mass is 9.67. The maximum atomic E-state index is 13.9. The highest BCUT2D eigenvalue weighted by Gasteiger charge is 2.71. The summed E-state index contributed by atoms with van der Waals surface area (Å²) in [7, 11) is 0. The lowest BCUT2D eigenvalue weighted by Gasteiger charge is -2.47. The summed E-state index contributed by atoms with van der Waals surface area (Å²) in [6, 6.07) is 20.6. The van der Waals surface area contributed by atoms with Crippen molar-refractivity contribution < 1.29 is 4.79 Å². The number of aliphatic imine (C=N–C) groups is 1. The Morgan fingerprint density at radius 1 is 1.00 bits per heavy atom. The van der Waals surface area contributed by atoms with Crippen LogP contribution in [0.2, 0.25) is 0 Å². The second-order valence-electron chi connectivity index (χ2n) is 9.12. The lowest BCUT2D eigenvalue weighted by molar-refractivity contribution is -0.137. The van der Waals surface area contributed by atoms with Crippen molar-refractivity contribution in [3.8, 4) is 0 Å². The summed E-state index contributed by atoms with van der Waals surface area (Å²) in [5.41, 5.74) is 2.00. The number of carbonyl (C=O) groups is 1. The monoisotopic (exact) mass is 360 g/mol. The number of fused-ring (bicyclic) bond motifs is 1. The molecule has 1 saturated heterocycles. The maximum Gasteiger partial charge on any atom is 0.234 e. The van der Waals surface area contributed by atoms with Crippen LogP contribution in [0.5, 0.6) is 0 Å². The number of hydrogen-bond donors (Lipinski definition) is 0. The van der Waals surface area contributed by atoms with E-state index in [-0.39, 0.29) is 17.4 Å². The molecule has 2 heterocycles. The van der Waals surface area contributed by atoms with Gasteiger partial charge in [0.1, 0.15) is 5.54 Å². The largest absolute Gasteiger partial charge is 0.329 e. The Morgan fingerprint density at radius 2 is 1.56 bits per heavy atom. The van der Waals surface area contributed by atoms with Crippen LogP contribution in [-0.2, 0) is 10.3 Å². The van der Waals surface area contributed by atoms with E-state index in [1.54, 1.807) is 0 Å². The number of nitrogens with zero attached hydrogens (tertiary/aromatic N) is 2. The van der Waals surface area contributed by atoms with E-state index in [9.17, 15) is 4.79 Å². The zero-order valence-corrected chi connectivity index (χ0v) is 16.9. The van der Waals surface area contributed by atoms with Gasteiger partial charge in [-0.25, -0.2) is 0 Å². The fourth-order valence-electron chi connectivity index (χ4n) is 5.60. The summed E-state index contributed by atoms with van der Waals surface area (Å²) in [6.07, 6.45) is 0.800. The minimum absolute atomic E-state index is 0.177. The molecule has 0 aromatic heterocycles. The maximum absolute atomic E-state index is 13.9. The van der Waals surface area contributed by atoms with Gasteiger partial charge in [-0.2, -0.15) is 0 Å². The molecule has 2 aliphatic rings. The first-order chi connectivity index (χ1) is 12.7. The molecule has 0 spiro atoms. The Labute approximate surface area is 162 Å². The van der Waals surface area contributed by atoms with Gasteiger partial charge in [-0.3, -0.25) is 9.79 Å². The molecule has 140 valence electrons. The molecular weight excluding hydrogens is 332 g/mol. The van der Waals surface area contributed by atoms with Gasteiger partial charge in [0.2, 0.25) is 5.91 Å². The fourth-order valence-corrected chi connectivity index (χ4v) is 5.60. The summed E-state index contributed by atoms with van der Waals surface area (Å²) < 4.78 is 0. The van der Waals surface area contributed by atoms with Crippen molar-refractivity contribution in [1.82, 2.24) is 4.90 Å². The second kappa shape index (κ2) is 5.79. The van der Waals surface area contributed by atoms with Crippen molar-refractivity contribution in [2.24, 2.45) is 4.99 Å². The molecule has 2 aliphatic heterocycles. The van der Waals surface area contributed by atoms with Crippen LogP contribution < -0.4 is 0 Å². The molecule has 0 radical (unpaired) electrons. The first-order valence-corrected chi connectivity index (χ1v) is 9.72. The van der Waals surface area contributed by atoms with Gasteiger partial charge in [-0.1, -0.05) is 60.7 Å². The Bertz CT molecular complexity index is 897. The molecule has 27 heavy (non-hydrogen) atoms. The average molecular weight is 361 g/mol. The van der Waals surface area contributed by atoms with Gasteiger partial charge in [0.15, 0.2) is 0 Å². The van der Waals surface area contributed by atoms with Gasteiger partial charge >= 0.3 is 0 Å². The predicted octanol–water partition coefficient (Wildman–Crippen LogP) is 4.93. The van der Waals surface area contributed by atoms with Gasteiger partial charge < -0.3 is 4.90 Å². The van der Waals surface area contributed by atoms with E-state index < -0.39 is 11.1 Å². The van der Waals surface area contributed by atoms with Crippen molar-refractivity contribution in [3.05, 3.63) is 71.8 Å². The van der Waals surface area contributed by atoms with E-state index >= 15 is 0 Å². The van der Waals surface area contributed by atoms with Crippen molar-refractivity contribution in [1.29, 1.82) is 0 Å². The van der Waals surface area contributed by atoms with E-state index in [1.807, 2.05) is 24.3 Å². The number of hydrogen-bond acceptors (Lipinski definition) is 2. The minimum atomic E-state index is -0.607. The molecule has 2 aromatic rings. The highest BCUT2D eigenvalue weighted by atomic mass is 16.2. The number of benzene rings is 2. The first-order valence-electron chi connectivity index (χ1n) is 9.72. The smallest absolute Gasteiger partial charge is 0.234 e. The number of carbonyl (C=O) groups excluding carboxylic acids is 1. The molecule has 0 N–H and O–H groups in total. The molecule has 2 aromatic carbocycles. The second-order valence-corrected chi connectivity index (χ2v) is 9.12. The van der Waals surface area contributed by atoms with Crippen LogP contribution in [0, 0.1) is 0 Å². The SMILES string of the molecule is CC1=N[C@@]2(c3ccccc3)[C@@H](c3ccccc3)C(=O)N(C(C)(C)C)[C@@]2(C)C1. The Morgan fingerprint density at radius 3 is 2.11 bits per heavy atom. The zero-order chi connectivity index (χ0) is 19.4. The molecule has 1 fully saturated rings. The van der Waals surface area contributed by atoms with E-state index in [0.717, 1.165) is 23.3 Å². The first kappa shape index (κ1) is 18.0. The Hall–Kier alpha value is -2.42. The average Bonchev–Trinajstić information content (AvgIpc) is 2.97. The number of likely N-dealkylation sites (tertiary alicyclic amines) is 1. The van der Waals surface area contributed by atoms with Crippen molar-refractivity contribution in [2.75, 3.05) is 0 Å². The summed E-state index contributed by atoms with van der Waals surface area (Å²) in [4.78, 5) is 21.3. The van der Waals surface area contributed by atoms with Gasteiger partial charge in [0.05, 0.1) is 11.5 Å². The standard InChI is InChI=1S/C24H28N2O/c1-17-16-23(5)24(25-17,19-14-10-7-11-15-19)20(18-12-8-6-9-13-18)21(27)26(23)22(2,3)4/h6-15,20H,16H2,1-5H3/t20-,23-,24-/m0/s1. The van der Waals surface area contributed by atoms with Gasteiger partial charge in [0.25, 0.3) is 0 Å². The molecular formula is C24H28N2O. The van der Waals surface area contributed by atoms with Crippen LogP contribution in [0.1, 0.15) is 58.1 Å². The van der Waals surface area contributed by atoms with Crippen LogP contribution in [0.4, 0.5) is 0 Å². The highest BCUT2D eigenvalue weighted by molar-refractivity contribution is 5.97. The Kier molecular flexibility index (Phi) is 3.85. The quantitative estimate of drug-likeness (QED) is 0.747. The van der Waals surface area contributed by atoms with E-state index in [4.69, 9.17) is 4.99 Å². The third-order valence-corrected chi connectivity index (χ3v) is 6.18. The van der Waals surface area contributed by atoms with Crippen molar-refractivity contribution >= 4 is 11.6 Å². The topological polar surface area (TPSA) is 32.7 Å². The predicted molar refractivity (Wildman–Crippen MR) is 110 cm³/mol. The third-order valence-electron chi connectivity index (χ3n) is 6.18. The molecule has 0 unspecified atom stereocenters. The minimum Gasteiger partial charge on any atom is -0.329 e. The summed E-state index contributed by atoms with van der Waals surface area (Å²) in [5, 5.41) is 0. The van der Waals surface area contributed by atoms with E-state index in [2.05, 4.69) is 75.9 Å². The molecule has 0 saturated carbocycles. The normalized spacial score (nSPS) is 30.4. The lowest BCUT2D eigenvalue weighted by Crippen LogP contribution is -2.58. The zero-order valence-electron chi connectivity index (χ0n) is 16.9. The van der Waals surface area contributed by atoms with Crippen LogP contribution in [0.3, 0.4) is 0 Å². The molecule has 4 rings (SSSR count). The van der Waals surface area contributed by atoms with E-state index in [0.29, 0.717) is 0 Å². The number of rotatable bonds is 2. The van der Waals surface area contributed by atoms with Gasteiger partial charge in [-0.05, 0) is 45.7 Å². The van der Waals surface area contributed by atoms with Gasteiger partial charge in [-0.15, -0.1) is 0 Å². The molecule has 1 amide bonds. The summed E-state index contributed by atoms with van der Waals surface area (Å²) >= 11 is 0. The molecule has 3 heteroatoms. The molecule has 3 nitrogen and oxygen atoms in total. The molecule has 3 atom stereocenters.